The predicted molar refractivity (Wildman–Crippen MR) is 83.5 cm³/mol. The van der Waals surface area contributed by atoms with Gasteiger partial charge in [-0.25, -0.2) is 0 Å². The summed E-state index contributed by atoms with van der Waals surface area (Å²) < 4.78 is 0. The number of hydrogen-bond donors (Lipinski definition) is 4. The number of nitrogen functional groups attached to an aromatic ring is 1. The molecule has 5 N–H and O–H groups in total. The van der Waals surface area contributed by atoms with Crippen molar-refractivity contribution in [1.29, 1.82) is 0 Å². The fourth-order valence-electron chi connectivity index (χ4n) is 1.93. The van der Waals surface area contributed by atoms with Gasteiger partial charge in [-0.2, -0.15) is 0 Å². The summed E-state index contributed by atoms with van der Waals surface area (Å²) in [5.41, 5.74) is 7.61. The number of carboxylic acids is 1. The SMILES string of the molecule is Nc1ccc2nc(CC(=O)NCC(=O)NCC(=O)O)ccc2c1. The Hall–Kier alpha value is -3.16. The van der Waals surface area contributed by atoms with Gasteiger partial charge in [-0.15, -0.1) is 0 Å². The molecular formula is C15H16N4O4. The van der Waals surface area contributed by atoms with Crippen LogP contribution in [0.25, 0.3) is 10.9 Å². The lowest BCUT2D eigenvalue weighted by atomic mass is 10.1. The van der Waals surface area contributed by atoms with Crippen molar-refractivity contribution in [2.24, 2.45) is 0 Å². The van der Waals surface area contributed by atoms with Gasteiger partial charge in [0.1, 0.15) is 6.54 Å². The number of carbonyl (C=O) groups is 3. The monoisotopic (exact) mass is 316 g/mol. The van der Waals surface area contributed by atoms with E-state index < -0.39 is 18.4 Å². The maximum atomic E-state index is 11.8. The van der Waals surface area contributed by atoms with E-state index in [0.29, 0.717) is 11.4 Å². The molecule has 0 fully saturated rings. The second kappa shape index (κ2) is 7.21. The Morgan fingerprint density at radius 3 is 2.52 bits per heavy atom. The summed E-state index contributed by atoms with van der Waals surface area (Å²) in [6.07, 6.45) is 0.0204. The lowest BCUT2D eigenvalue weighted by Gasteiger charge is -2.06. The molecule has 8 nitrogen and oxygen atoms in total. The molecule has 1 heterocycles. The summed E-state index contributed by atoms with van der Waals surface area (Å²) in [6.45, 7) is -0.764. The Labute approximate surface area is 131 Å². The molecule has 0 saturated heterocycles. The average Bonchev–Trinajstić information content (AvgIpc) is 2.51. The Morgan fingerprint density at radius 1 is 1.04 bits per heavy atom. The molecule has 0 aliphatic heterocycles. The molecule has 0 radical (unpaired) electrons. The van der Waals surface area contributed by atoms with E-state index >= 15 is 0 Å². The van der Waals surface area contributed by atoms with E-state index in [0.717, 1.165) is 10.9 Å². The molecule has 0 spiro atoms. The first-order chi connectivity index (χ1) is 10.9. The zero-order chi connectivity index (χ0) is 16.8. The summed E-state index contributed by atoms with van der Waals surface area (Å²) >= 11 is 0. The number of aromatic nitrogens is 1. The molecule has 23 heavy (non-hydrogen) atoms. The van der Waals surface area contributed by atoms with Gasteiger partial charge in [-0.3, -0.25) is 19.4 Å². The van der Waals surface area contributed by atoms with Crippen LogP contribution in [0.5, 0.6) is 0 Å². The third-order valence-electron chi connectivity index (χ3n) is 3.00. The summed E-state index contributed by atoms with van der Waals surface area (Å²) in [5.74, 6) is -2.09. The topological polar surface area (TPSA) is 134 Å². The van der Waals surface area contributed by atoms with Crippen LogP contribution in [0.3, 0.4) is 0 Å². The largest absolute Gasteiger partial charge is 0.480 e. The molecule has 0 bridgehead atoms. The van der Waals surface area contributed by atoms with E-state index in [-0.39, 0.29) is 18.9 Å². The maximum absolute atomic E-state index is 11.8. The zero-order valence-corrected chi connectivity index (χ0v) is 12.2. The fraction of sp³-hybridized carbons (Fsp3) is 0.200. The van der Waals surface area contributed by atoms with Crippen molar-refractivity contribution >= 4 is 34.4 Å². The van der Waals surface area contributed by atoms with Crippen molar-refractivity contribution in [2.75, 3.05) is 18.8 Å². The number of hydrogen-bond acceptors (Lipinski definition) is 5. The standard InChI is InChI=1S/C15H16N4O4/c16-10-2-4-12-9(5-10)1-3-11(19-12)6-13(20)17-7-14(21)18-8-15(22)23/h1-5H,6-8,16H2,(H,17,20)(H,18,21)(H,22,23). The number of benzene rings is 1. The summed E-state index contributed by atoms with van der Waals surface area (Å²) in [4.78, 5) is 37.7. The highest BCUT2D eigenvalue weighted by Gasteiger charge is 2.09. The van der Waals surface area contributed by atoms with E-state index in [1.807, 2.05) is 6.07 Å². The highest BCUT2D eigenvalue weighted by atomic mass is 16.4. The van der Waals surface area contributed by atoms with Crippen LogP contribution in [0.2, 0.25) is 0 Å². The van der Waals surface area contributed by atoms with Crippen LogP contribution in [0.15, 0.2) is 30.3 Å². The van der Waals surface area contributed by atoms with Gasteiger partial charge in [0.25, 0.3) is 0 Å². The third kappa shape index (κ3) is 4.95. The number of fused-ring (bicyclic) bond motifs is 1. The van der Waals surface area contributed by atoms with Crippen LogP contribution < -0.4 is 16.4 Å². The number of amides is 2. The lowest BCUT2D eigenvalue weighted by molar-refractivity contribution is -0.137. The number of rotatable bonds is 6. The summed E-state index contributed by atoms with van der Waals surface area (Å²) in [5, 5.41) is 13.9. The number of nitrogens with two attached hydrogens (primary N) is 1. The van der Waals surface area contributed by atoms with Gasteiger partial charge in [-0.1, -0.05) is 6.07 Å². The first-order valence-corrected chi connectivity index (χ1v) is 6.84. The number of nitrogens with zero attached hydrogens (tertiary/aromatic N) is 1. The highest BCUT2D eigenvalue weighted by molar-refractivity contribution is 5.88. The molecule has 2 rings (SSSR count). The van der Waals surface area contributed by atoms with Crippen LogP contribution in [-0.2, 0) is 20.8 Å². The molecule has 2 aromatic rings. The number of nitrogens with one attached hydrogen (secondary N) is 2. The van der Waals surface area contributed by atoms with E-state index in [1.54, 1.807) is 24.3 Å². The van der Waals surface area contributed by atoms with Crippen LogP contribution in [0.1, 0.15) is 5.69 Å². The zero-order valence-electron chi connectivity index (χ0n) is 12.2. The Bertz CT molecular complexity index is 760. The molecule has 120 valence electrons. The van der Waals surface area contributed by atoms with Crippen molar-refractivity contribution in [3.63, 3.8) is 0 Å². The van der Waals surface area contributed by atoms with Crippen LogP contribution in [-0.4, -0.2) is 41.0 Å². The average molecular weight is 316 g/mol. The van der Waals surface area contributed by atoms with Gasteiger partial charge in [0.2, 0.25) is 11.8 Å². The van der Waals surface area contributed by atoms with E-state index in [4.69, 9.17) is 10.8 Å². The second-order valence-electron chi connectivity index (χ2n) is 4.88. The number of aliphatic carboxylic acids is 1. The van der Waals surface area contributed by atoms with Gasteiger partial charge in [-0.05, 0) is 24.3 Å². The Morgan fingerprint density at radius 2 is 1.78 bits per heavy atom. The molecule has 0 atom stereocenters. The fourth-order valence-corrected chi connectivity index (χ4v) is 1.93. The molecule has 0 aliphatic rings. The summed E-state index contributed by atoms with van der Waals surface area (Å²) in [6, 6.07) is 8.82. The minimum atomic E-state index is -1.15. The summed E-state index contributed by atoms with van der Waals surface area (Å²) in [7, 11) is 0. The van der Waals surface area contributed by atoms with Crippen LogP contribution in [0.4, 0.5) is 5.69 Å². The van der Waals surface area contributed by atoms with Gasteiger partial charge in [0.15, 0.2) is 0 Å². The van der Waals surface area contributed by atoms with Crippen molar-refractivity contribution in [3.8, 4) is 0 Å². The second-order valence-corrected chi connectivity index (χ2v) is 4.88. The van der Waals surface area contributed by atoms with E-state index in [1.165, 1.54) is 0 Å². The Balaban J connectivity index is 1.89. The molecular weight excluding hydrogens is 300 g/mol. The number of carbonyl (C=O) groups excluding carboxylic acids is 2. The molecule has 8 heteroatoms. The first-order valence-electron chi connectivity index (χ1n) is 6.84. The molecule has 0 aliphatic carbocycles. The van der Waals surface area contributed by atoms with Gasteiger partial charge in [0, 0.05) is 11.1 Å². The Kier molecular flexibility index (Phi) is 5.08. The quantitative estimate of drug-likeness (QED) is 0.539. The lowest BCUT2D eigenvalue weighted by Crippen LogP contribution is -2.39. The molecule has 0 saturated carbocycles. The first kappa shape index (κ1) is 16.2. The predicted octanol–water partition coefficient (Wildman–Crippen LogP) is -0.323. The van der Waals surface area contributed by atoms with E-state index in [2.05, 4.69) is 15.6 Å². The number of anilines is 1. The maximum Gasteiger partial charge on any atom is 0.322 e. The van der Waals surface area contributed by atoms with Crippen molar-refractivity contribution in [2.45, 2.75) is 6.42 Å². The van der Waals surface area contributed by atoms with Crippen molar-refractivity contribution in [1.82, 2.24) is 15.6 Å². The number of carboxylic acid groups (broad SMARTS) is 1. The van der Waals surface area contributed by atoms with Crippen LogP contribution >= 0.6 is 0 Å². The van der Waals surface area contributed by atoms with Gasteiger partial charge in [0.05, 0.1) is 24.2 Å². The normalized spacial score (nSPS) is 10.3. The van der Waals surface area contributed by atoms with Gasteiger partial charge < -0.3 is 21.5 Å². The van der Waals surface area contributed by atoms with Crippen molar-refractivity contribution < 1.29 is 19.5 Å². The minimum absolute atomic E-state index is 0.0204. The molecule has 1 aromatic carbocycles. The van der Waals surface area contributed by atoms with Crippen molar-refractivity contribution in [3.05, 3.63) is 36.0 Å². The molecule has 1 aromatic heterocycles. The molecule has 0 unspecified atom stereocenters. The minimum Gasteiger partial charge on any atom is -0.480 e. The van der Waals surface area contributed by atoms with Gasteiger partial charge >= 0.3 is 5.97 Å². The highest BCUT2D eigenvalue weighted by Crippen LogP contribution is 2.16. The van der Waals surface area contributed by atoms with E-state index in [9.17, 15) is 14.4 Å². The number of pyridine rings is 1. The smallest absolute Gasteiger partial charge is 0.322 e. The van der Waals surface area contributed by atoms with Crippen LogP contribution in [0, 0.1) is 0 Å². The molecule has 2 amide bonds. The third-order valence-corrected chi connectivity index (χ3v) is 3.00.